The largest absolute Gasteiger partial charge is 0.497 e. The van der Waals surface area contributed by atoms with Gasteiger partial charge in [0.25, 0.3) is 0 Å². The van der Waals surface area contributed by atoms with Gasteiger partial charge in [-0.25, -0.2) is 4.98 Å². The Hall–Kier alpha value is -2.01. The molecule has 5 heteroatoms. The number of hydrogen-bond donors (Lipinski definition) is 2. The second-order valence-electron chi connectivity index (χ2n) is 4.55. The molecule has 0 saturated heterocycles. The zero-order valence-electron chi connectivity index (χ0n) is 11.1. The van der Waals surface area contributed by atoms with Gasteiger partial charge in [0.15, 0.2) is 0 Å². The summed E-state index contributed by atoms with van der Waals surface area (Å²) >= 11 is 0. The summed E-state index contributed by atoms with van der Waals surface area (Å²) in [5.74, 6) is 1.58. The Labute approximate surface area is 112 Å². The Morgan fingerprint density at radius 2 is 1.89 bits per heavy atom. The zero-order chi connectivity index (χ0) is 13.2. The van der Waals surface area contributed by atoms with Crippen LogP contribution in [0.15, 0.2) is 24.5 Å². The molecule has 1 aromatic heterocycles. The van der Waals surface area contributed by atoms with Crippen molar-refractivity contribution in [2.24, 2.45) is 0 Å². The Morgan fingerprint density at radius 1 is 1.16 bits per heavy atom. The van der Waals surface area contributed by atoms with Gasteiger partial charge in [0.1, 0.15) is 11.5 Å². The van der Waals surface area contributed by atoms with E-state index in [4.69, 9.17) is 9.47 Å². The van der Waals surface area contributed by atoms with Gasteiger partial charge in [0, 0.05) is 24.7 Å². The molecule has 3 rings (SSSR count). The number of nitrogens with one attached hydrogen (secondary N) is 2. The number of fused-ring (bicyclic) bond motifs is 1. The fourth-order valence-corrected chi connectivity index (χ4v) is 2.49. The molecule has 0 aliphatic carbocycles. The summed E-state index contributed by atoms with van der Waals surface area (Å²) in [4.78, 5) is 7.63. The normalized spacial score (nSPS) is 17.9. The minimum atomic E-state index is 0.0824. The van der Waals surface area contributed by atoms with Crippen LogP contribution in [-0.2, 0) is 6.42 Å². The van der Waals surface area contributed by atoms with Crippen LogP contribution in [0.5, 0.6) is 11.5 Å². The van der Waals surface area contributed by atoms with E-state index in [2.05, 4.69) is 15.3 Å². The monoisotopic (exact) mass is 259 g/mol. The van der Waals surface area contributed by atoms with Gasteiger partial charge in [-0.15, -0.1) is 0 Å². The van der Waals surface area contributed by atoms with E-state index in [1.165, 1.54) is 5.69 Å². The molecule has 2 heterocycles. The van der Waals surface area contributed by atoms with Gasteiger partial charge in [0.05, 0.1) is 32.3 Å². The van der Waals surface area contributed by atoms with Crippen LogP contribution in [-0.4, -0.2) is 30.7 Å². The zero-order valence-corrected chi connectivity index (χ0v) is 11.1. The van der Waals surface area contributed by atoms with Crippen LogP contribution in [0.2, 0.25) is 0 Å². The molecular formula is C14H17N3O2. The van der Waals surface area contributed by atoms with E-state index in [9.17, 15) is 0 Å². The van der Waals surface area contributed by atoms with Gasteiger partial charge >= 0.3 is 0 Å². The molecule has 0 spiro atoms. The van der Waals surface area contributed by atoms with Crippen molar-refractivity contribution in [2.75, 3.05) is 20.8 Å². The number of nitrogens with zero attached hydrogens (tertiary/aromatic N) is 1. The maximum absolute atomic E-state index is 5.32. The Bertz CT molecular complexity index is 558. The first-order valence-corrected chi connectivity index (χ1v) is 6.30. The quantitative estimate of drug-likeness (QED) is 0.880. The highest BCUT2D eigenvalue weighted by Crippen LogP contribution is 2.31. The van der Waals surface area contributed by atoms with Crippen LogP contribution in [0, 0.1) is 0 Å². The lowest BCUT2D eigenvalue weighted by molar-refractivity contribution is 0.392. The SMILES string of the molecule is COc1cc(OC)cc([C@H]2NCCc3[nH]cnc32)c1. The van der Waals surface area contributed by atoms with Crippen molar-refractivity contribution >= 4 is 0 Å². The van der Waals surface area contributed by atoms with Crippen molar-refractivity contribution < 1.29 is 9.47 Å². The Balaban J connectivity index is 2.03. The minimum absolute atomic E-state index is 0.0824. The number of hydrogen-bond acceptors (Lipinski definition) is 4. The predicted octanol–water partition coefficient (Wildman–Crippen LogP) is 1.66. The average molecular weight is 259 g/mol. The summed E-state index contributed by atoms with van der Waals surface area (Å²) in [6.45, 7) is 0.930. The average Bonchev–Trinajstić information content (AvgIpc) is 2.94. The van der Waals surface area contributed by atoms with Crippen LogP contribution < -0.4 is 14.8 Å². The number of methoxy groups -OCH3 is 2. The third kappa shape index (κ3) is 2.17. The van der Waals surface area contributed by atoms with Crippen molar-refractivity contribution in [1.29, 1.82) is 0 Å². The molecule has 0 amide bonds. The van der Waals surface area contributed by atoms with E-state index < -0.39 is 0 Å². The Kier molecular flexibility index (Phi) is 3.13. The first kappa shape index (κ1) is 12.0. The smallest absolute Gasteiger partial charge is 0.122 e. The molecule has 5 nitrogen and oxygen atoms in total. The number of H-pyrrole nitrogens is 1. The molecule has 2 aromatic rings. The van der Waals surface area contributed by atoms with Gasteiger partial charge in [-0.05, 0) is 17.7 Å². The highest BCUT2D eigenvalue weighted by Gasteiger charge is 2.24. The summed E-state index contributed by atoms with van der Waals surface area (Å²) in [7, 11) is 3.32. The molecule has 19 heavy (non-hydrogen) atoms. The van der Waals surface area contributed by atoms with Gasteiger partial charge < -0.3 is 19.8 Å². The number of aromatic amines is 1. The van der Waals surface area contributed by atoms with Crippen molar-refractivity contribution in [3.05, 3.63) is 41.5 Å². The van der Waals surface area contributed by atoms with Crippen LogP contribution in [0.1, 0.15) is 23.0 Å². The number of imidazole rings is 1. The molecule has 0 saturated carbocycles. The van der Waals surface area contributed by atoms with Crippen LogP contribution in [0.25, 0.3) is 0 Å². The lowest BCUT2D eigenvalue weighted by atomic mass is 9.97. The first-order chi connectivity index (χ1) is 9.31. The highest BCUT2D eigenvalue weighted by molar-refractivity contribution is 5.43. The van der Waals surface area contributed by atoms with Gasteiger partial charge in [-0.2, -0.15) is 0 Å². The molecule has 1 aliphatic rings. The third-order valence-corrected chi connectivity index (χ3v) is 3.46. The summed E-state index contributed by atoms with van der Waals surface area (Å²) in [5.41, 5.74) is 3.36. The minimum Gasteiger partial charge on any atom is -0.497 e. The second-order valence-corrected chi connectivity index (χ2v) is 4.55. The lowest BCUT2D eigenvalue weighted by Gasteiger charge is -2.24. The molecule has 1 aromatic carbocycles. The van der Waals surface area contributed by atoms with E-state index in [0.29, 0.717) is 0 Å². The van der Waals surface area contributed by atoms with Crippen LogP contribution in [0.4, 0.5) is 0 Å². The fourth-order valence-electron chi connectivity index (χ4n) is 2.49. The lowest BCUT2D eigenvalue weighted by Crippen LogP contribution is -2.30. The molecular weight excluding hydrogens is 242 g/mol. The molecule has 0 bridgehead atoms. The molecule has 1 atom stereocenters. The van der Waals surface area contributed by atoms with Crippen LogP contribution >= 0.6 is 0 Å². The number of benzene rings is 1. The van der Waals surface area contributed by atoms with Crippen LogP contribution in [0.3, 0.4) is 0 Å². The van der Waals surface area contributed by atoms with Gasteiger partial charge in [-0.1, -0.05) is 0 Å². The summed E-state index contributed by atoms with van der Waals surface area (Å²) in [6, 6.07) is 5.99. The molecule has 100 valence electrons. The van der Waals surface area contributed by atoms with E-state index >= 15 is 0 Å². The predicted molar refractivity (Wildman–Crippen MR) is 71.7 cm³/mol. The van der Waals surface area contributed by atoms with Crippen molar-refractivity contribution in [2.45, 2.75) is 12.5 Å². The number of rotatable bonds is 3. The molecule has 0 fully saturated rings. The number of ether oxygens (including phenoxy) is 2. The second kappa shape index (κ2) is 4.93. The third-order valence-electron chi connectivity index (χ3n) is 3.46. The van der Waals surface area contributed by atoms with Crippen molar-refractivity contribution in [1.82, 2.24) is 15.3 Å². The highest BCUT2D eigenvalue weighted by atomic mass is 16.5. The molecule has 2 N–H and O–H groups in total. The maximum atomic E-state index is 5.32. The van der Waals surface area contributed by atoms with E-state index in [1.54, 1.807) is 20.5 Å². The summed E-state index contributed by atoms with van der Waals surface area (Å²) in [6.07, 6.45) is 2.73. The summed E-state index contributed by atoms with van der Waals surface area (Å²) < 4.78 is 10.6. The van der Waals surface area contributed by atoms with Gasteiger partial charge in [-0.3, -0.25) is 0 Å². The van der Waals surface area contributed by atoms with Crippen molar-refractivity contribution in [3.63, 3.8) is 0 Å². The molecule has 1 aliphatic heterocycles. The summed E-state index contributed by atoms with van der Waals surface area (Å²) in [5, 5.41) is 3.49. The molecule has 0 radical (unpaired) electrons. The maximum Gasteiger partial charge on any atom is 0.122 e. The topological polar surface area (TPSA) is 59.2 Å². The first-order valence-electron chi connectivity index (χ1n) is 6.30. The van der Waals surface area contributed by atoms with E-state index in [0.717, 1.165) is 35.7 Å². The van der Waals surface area contributed by atoms with E-state index in [1.807, 2.05) is 18.2 Å². The van der Waals surface area contributed by atoms with Crippen molar-refractivity contribution in [3.8, 4) is 11.5 Å². The fraction of sp³-hybridized carbons (Fsp3) is 0.357. The van der Waals surface area contributed by atoms with Gasteiger partial charge in [0.2, 0.25) is 0 Å². The molecule has 0 unspecified atom stereocenters. The van der Waals surface area contributed by atoms with E-state index in [-0.39, 0.29) is 6.04 Å². The number of aromatic nitrogens is 2. The standard InChI is InChI=1S/C14H17N3O2/c1-18-10-5-9(6-11(7-10)19-2)13-14-12(3-4-15-13)16-8-17-14/h5-8,13,15H,3-4H2,1-2H3,(H,16,17)/t13-/m1/s1. The Morgan fingerprint density at radius 3 is 2.58 bits per heavy atom.